The van der Waals surface area contributed by atoms with E-state index in [1.54, 1.807) is 0 Å². The van der Waals surface area contributed by atoms with Crippen molar-refractivity contribution in [3.8, 4) is 0 Å². The normalized spacial score (nSPS) is 15.4. The van der Waals surface area contributed by atoms with Gasteiger partial charge in [0.05, 0.1) is 0 Å². The van der Waals surface area contributed by atoms with Gasteiger partial charge in [0.2, 0.25) is 0 Å². The summed E-state index contributed by atoms with van der Waals surface area (Å²) in [6, 6.07) is 0. The monoisotopic (exact) mass is 236 g/mol. The second-order valence-corrected chi connectivity index (χ2v) is 4.22. The predicted molar refractivity (Wildman–Crippen MR) is 36.8 cm³/mol. The molecule has 2 unspecified atom stereocenters. The van der Waals surface area contributed by atoms with E-state index in [0.717, 1.165) is 0 Å². The van der Waals surface area contributed by atoms with Crippen molar-refractivity contribution in [1.82, 2.24) is 0 Å². The fraction of sp³-hybridized carbons (Fsp3) is 1.00. The summed E-state index contributed by atoms with van der Waals surface area (Å²) in [4.78, 5) is 16.5. The Hall–Kier alpha value is 1.00. The molecule has 0 saturated carbocycles. The summed E-state index contributed by atoms with van der Waals surface area (Å²) >= 11 is 0. The Morgan fingerprint density at radius 3 is 1.50 bits per heavy atom. The molecule has 0 aliphatic rings. The fourth-order valence-electron chi connectivity index (χ4n) is 0.391. The van der Waals surface area contributed by atoms with E-state index in [1.807, 2.05) is 0 Å². The molecule has 0 aromatic rings. The van der Waals surface area contributed by atoms with E-state index in [1.165, 1.54) is 0 Å². The SMILES string of the molecule is O=[PH](O)CCC[PH](=O)O.[Zn]. The molecule has 0 aliphatic heterocycles. The Morgan fingerprint density at radius 2 is 1.30 bits per heavy atom. The van der Waals surface area contributed by atoms with E-state index < -0.39 is 16.1 Å². The second-order valence-electron chi connectivity index (χ2n) is 1.64. The van der Waals surface area contributed by atoms with Crippen LogP contribution in [0.5, 0.6) is 0 Å². The van der Waals surface area contributed by atoms with Gasteiger partial charge >= 0.3 is 0 Å². The molecule has 2 N–H and O–H groups in total. The summed E-state index contributed by atoms with van der Waals surface area (Å²) < 4.78 is 20.0. The van der Waals surface area contributed by atoms with E-state index in [4.69, 9.17) is 9.79 Å². The van der Waals surface area contributed by atoms with Crippen molar-refractivity contribution in [2.75, 3.05) is 12.3 Å². The maximum absolute atomic E-state index is 9.99. The molecule has 2 atom stereocenters. The zero-order chi connectivity index (χ0) is 7.28. The molecule has 0 radical (unpaired) electrons. The minimum Gasteiger partial charge on any atom is -0.346 e. The van der Waals surface area contributed by atoms with Gasteiger partial charge in [-0.15, -0.1) is 0 Å². The van der Waals surface area contributed by atoms with Gasteiger partial charge in [-0.3, -0.25) is 9.13 Å². The molecular weight excluding hydrogens is 227 g/mol. The summed E-state index contributed by atoms with van der Waals surface area (Å²) in [5.41, 5.74) is 0. The summed E-state index contributed by atoms with van der Waals surface area (Å²) in [6.07, 6.45) is 0.714. The van der Waals surface area contributed by atoms with Crippen LogP contribution in [0.25, 0.3) is 0 Å². The predicted octanol–water partition coefficient (Wildman–Crippen LogP) is 0.308. The van der Waals surface area contributed by atoms with Gasteiger partial charge in [0.15, 0.2) is 16.1 Å². The van der Waals surface area contributed by atoms with E-state index in [9.17, 15) is 9.13 Å². The Labute approximate surface area is 73.5 Å². The molecule has 0 aliphatic carbocycles. The van der Waals surface area contributed by atoms with Gasteiger partial charge in [-0.2, -0.15) is 0 Å². The molecule has 0 rings (SSSR count). The van der Waals surface area contributed by atoms with Crippen LogP contribution in [0.15, 0.2) is 0 Å². The van der Waals surface area contributed by atoms with Crippen LogP contribution in [-0.2, 0) is 28.6 Å². The first-order valence-electron chi connectivity index (χ1n) is 2.56. The molecule has 0 heterocycles. The van der Waals surface area contributed by atoms with Crippen molar-refractivity contribution < 1.29 is 38.4 Å². The topological polar surface area (TPSA) is 74.6 Å². The molecule has 4 nitrogen and oxygen atoms in total. The van der Waals surface area contributed by atoms with Crippen LogP contribution in [0.4, 0.5) is 0 Å². The van der Waals surface area contributed by atoms with Crippen LogP contribution < -0.4 is 0 Å². The van der Waals surface area contributed by atoms with Crippen LogP contribution in [0.3, 0.4) is 0 Å². The standard InChI is InChI=1S/C3H10O4P2.Zn/c4-8(5)2-1-3-9(6)7;/h8-9H,1-3H2,(H,4,5)(H,6,7);. The van der Waals surface area contributed by atoms with Crippen molar-refractivity contribution in [2.24, 2.45) is 0 Å². The summed E-state index contributed by atoms with van der Waals surface area (Å²) in [5, 5.41) is 0. The molecule has 58 valence electrons. The minimum atomic E-state index is -2.41. The van der Waals surface area contributed by atoms with Gasteiger partial charge in [-0.25, -0.2) is 0 Å². The van der Waals surface area contributed by atoms with Crippen LogP contribution >= 0.6 is 16.1 Å². The average Bonchev–Trinajstić information content (AvgIpc) is 1.63. The van der Waals surface area contributed by atoms with Crippen molar-refractivity contribution >= 4 is 16.1 Å². The third kappa shape index (κ3) is 11.8. The molecule has 0 bridgehead atoms. The first kappa shape index (κ1) is 13.6. The Balaban J connectivity index is 0. The Bertz CT molecular complexity index is 114. The van der Waals surface area contributed by atoms with Crippen LogP contribution in [-0.4, -0.2) is 22.1 Å². The first-order valence-corrected chi connectivity index (χ1v) is 5.69. The fourth-order valence-corrected chi connectivity index (χ4v) is 1.70. The molecule has 0 aromatic heterocycles. The van der Waals surface area contributed by atoms with Crippen molar-refractivity contribution in [3.05, 3.63) is 0 Å². The van der Waals surface area contributed by atoms with Crippen LogP contribution in [0, 0.1) is 0 Å². The third-order valence-corrected chi connectivity index (χ3v) is 2.34. The number of hydrogen-bond acceptors (Lipinski definition) is 2. The minimum absolute atomic E-state index is 0. The van der Waals surface area contributed by atoms with Gasteiger partial charge in [-0.05, 0) is 6.42 Å². The zero-order valence-electron chi connectivity index (χ0n) is 5.54. The maximum atomic E-state index is 9.99. The third-order valence-electron chi connectivity index (χ3n) is 0.781. The molecule has 0 spiro atoms. The molecule has 0 fully saturated rings. The first-order chi connectivity index (χ1) is 4.13. The molecule has 0 amide bonds. The van der Waals surface area contributed by atoms with E-state index in [0.29, 0.717) is 6.42 Å². The van der Waals surface area contributed by atoms with Crippen molar-refractivity contribution in [3.63, 3.8) is 0 Å². The quantitative estimate of drug-likeness (QED) is 0.545. The van der Waals surface area contributed by atoms with Crippen molar-refractivity contribution in [2.45, 2.75) is 6.42 Å². The average molecular weight is 237 g/mol. The maximum Gasteiger partial charge on any atom is 0.189 e. The van der Waals surface area contributed by atoms with Gasteiger partial charge in [0.25, 0.3) is 0 Å². The zero-order valence-corrected chi connectivity index (χ0v) is 10.5. The van der Waals surface area contributed by atoms with Gasteiger partial charge in [0, 0.05) is 31.8 Å². The second kappa shape index (κ2) is 8.10. The van der Waals surface area contributed by atoms with E-state index >= 15 is 0 Å². The molecule has 0 saturated heterocycles. The Kier molecular flexibility index (Phi) is 11.0. The summed E-state index contributed by atoms with van der Waals surface area (Å²) in [6.45, 7) is 0. The summed E-state index contributed by atoms with van der Waals surface area (Å²) in [5.74, 6) is 0. The summed E-state index contributed by atoms with van der Waals surface area (Å²) in [7, 11) is -4.83. The largest absolute Gasteiger partial charge is 0.346 e. The van der Waals surface area contributed by atoms with Crippen LogP contribution in [0.2, 0.25) is 0 Å². The van der Waals surface area contributed by atoms with Gasteiger partial charge < -0.3 is 9.79 Å². The smallest absolute Gasteiger partial charge is 0.189 e. The molecule has 10 heavy (non-hydrogen) atoms. The molecule has 0 aromatic carbocycles. The van der Waals surface area contributed by atoms with Crippen molar-refractivity contribution in [1.29, 1.82) is 0 Å². The van der Waals surface area contributed by atoms with Gasteiger partial charge in [0.1, 0.15) is 0 Å². The molecular formula is C3H10O4P2Zn. The van der Waals surface area contributed by atoms with Crippen LogP contribution in [0.1, 0.15) is 6.42 Å². The number of hydrogen-bond donors (Lipinski definition) is 2. The van der Waals surface area contributed by atoms with E-state index in [2.05, 4.69) is 0 Å². The Morgan fingerprint density at radius 1 is 1.00 bits per heavy atom. The van der Waals surface area contributed by atoms with E-state index in [-0.39, 0.29) is 31.8 Å². The van der Waals surface area contributed by atoms with Gasteiger partial charge in [-0.1, -0.05) is 0 Å². The number of rotatable bonds is 4. The molecule has 7 heteroatoms.